The smallest absolute Gasteiger partial charge is 0.0177 e. The van der Waals surface area contributed by atoms with Crippen LogP contribution < -0.4 is 0 Å². The Balaban J connectivity index is 2.95. The number of hydrogen-bond acceptors (Lipinski definition) is 1. The highest BCUT2D eigenvalue weighted by Crippen LogP contribution is 2.33. The van der Waals surface area contributed by atoms with Crippen LogP contribution in [-0.4, -0.2) is 18.5 Å². The minimum Gasteiger partial charge on any atom is -0.381 e. The van der Waals surface area contributed by atoms with Crippen molar-refractivity contribution < 1.29 is 0 Å². The van der Waals surface area contributed by atoms with Crippen LogP contribution >= 0.6 is 0 Å². The van der Waals surface area contributed by atoms with E-state index >= 15 is 0 Å². The van der Waals surface area contributed by atoms with E-state index in [0.717, 1.165) is 13.0 Å². The Kier molecular flexibility index (Phi) is 5.46. The van der Waals surface area contributed by atoms with Crippen LogP contribution in [0, 0.1) is 0 Å². The lowest BCUT2D eigenvalue weighted by atomic mass is 9.75. The molecule has 1 nitrogen and oxygen atoms in total. The van der Waals surface area contributed by atoms with E-state index in [9.17, 15) is 0 Å². The molecule has 1 heteroatoms. The summed E-state index contributed by atoms with van der Waals surface area (Å²) in [5.74, 6) is 0. The van der Waals surface area contributed by atoms with E-state index in [1.165, 1.54) is 24.0 Å². The van der Waals surface area contributed by atoms with Gasteiger partial charge >= 0.3 is 0 Å². The van der Waals surface area contributed by atoms with Crippen LogP contribution in [0.1, 0.15) is 44.7 Å². The van der Waals surface area contributed by atoms with E-state index in [1.807, 2.05) is 6.20 Å². The van der Waals surface area contributed by atoms with Crippen LogP contribution in [0.25, 0.3) is 0 Å². The van der Waals surface area contributed by atoms with Gasteiger partial charge in [0.1, 0.15) is 0 Å². The lowest BCUT2D eigenvalue weighted by Gasteiger charge is -2.32. The number of hydrogen-bond donors (Lipinski definition) is 0. The highest BCUT2D eigenvalue weighted by Gasteiger charge is 2.26. The van der Waals surface area contributed by atoms with Crippen molar-refractivity contribution in [2.24, 2.45) is 0 Å². The number of benzene rings is 1. The van der Waals surface area contributed by atoms with Crippen molar-refractivity contribution in [2.75, 3.05) is 13.6 Å². The Bertz CT molecular complexity index is 383. The fourth-order valence-corrected chi connectivity index (χ4v) is 2.43. The Morgan fingerprint density at radius 1 is 1.28 bits per heavy atom. The summed E-state index contributed by atoms with van der Waals surface area (Å²) in [4.78, 5) is 2.17. The van der Waals surface area contributed by atoms with Crippen molar-refractivity contribution in [2.45, 2.75) is 45.4 Å². The molecule has 0 N–H and O–H groups in total. The van der Waals surface area contributed by atoms with E-state index < -0.39 is 0 Å². The average Bonchev–Trinajstić information content (AvgIpc) is 2.44. The summed E-state index contributed by atoms with van der Waals surface area (Å²) in [5, 5.41) is 0. The van der Waals surface area contributed by atoms with Crippen LogP contribution in [0.2, 0.25) is 0 Å². The van der Waals surface area contributed by atoms with Gasteiger partial charge in [0, 0.05) is 13.6 Å². The lowest BCUT2D eigenvalue weighted by Crippen LogP contribution is -2.28. The Labute approximate surface area is 113 Å². The molecule has 0 saturated heterocycles. The SMILES string of the molecule is C=CN(C)CCC(C)(CC)c1ccccc1CC. The van der Waals surface area contributed by atoms with Crippen molar-refractivity contribution in [3.05, 3.63) is 48.2 Å². The number of rotatable bonds is 7. The van der Waals surface area contributed by atoms with Crippen molar-refractivity contribution in [3.63, 3.8) is 0 Å². The summed E-state index contributed by atoms with van der Waals surface area (Å²) in [6.07, 6.45) is 5.36. The van der Waals surface area contributed by atoms with Gasteiger partial charge in [-0.15, -0.1) is 0 Å². The van der Waals surface area contributed by atoms with Crippen LogP contribution in [0.3, 0.4) is 0 Å². The molecule has 1 aromatic carbocycles. The monoisotopic (exact) mass is 245 g/mol. The summed E-state index contributed by atoms with van der Waals surface area (Å²) in [5.41, 5.74) is 3.28. The summed E-state index contributed by atoms with van der Waals surface area (Å²) in [7, 11) is 2.09. The Morgan fingerprint density at radius 3 is 2.50 bits per heavy atom. The predicted octanol–water partition coefficient (Wildman–Crippen LogP) is 4.38. The van der Waals surface area contributed by atoms with Gasteiger partial charge in [-0.25, -0.2) is 0 Å². The zero-order chi connectivity index (χ0) is 13.6. The third kappa shape index (κ3) is 3.38. The molecule has 1 aromatic rings. The zero-order valence-electron chi connectivity index (χ0n) is 12.4. The van der Waals surface area contributed by atoms with Crippen molar-refractivity contribution >= 4 is 0 Å². The highest BCUT2D eigenvalue weighted by molar-refractivity contribution is 5.33. The van der Waals surface area contributed by atoms with E-state index in [2.05, 4.69) is 63.6 Å². The molecule has 1 rings (SSSR count). The Hall–Kier alpha value is -1.24. The molecule has 0 heterocycles. The first-order valence-corrected chi connectivity index (χ1v) is 6.98. The molecule has 0 aliphatic rings. The second-order valence-electron chi connectivity index (χ2n) is 5.34. The van der Waals surface area contributed by atoms with Gasteiger partial charge in [-0.3, -0.25) is 0 Å². The first-order valence-electron chi connectivity index (χ1n) is 6.98. The third-order valence-electron chi connectivity index (χ3n) is 4.16. The van der Waals surface area contributed by atoms with Gasteiger partial charge in [-0.05, 0) is 42.0 Å². The van der Waals surface area contributed by atoms with Gasteiger partial charge in [-0.2, -0.15) is 0 Å². The van der Waals surface area contributed by atoms with Crippen LogP contribution in [0.15, 0.2) is 37.0 Å². The van der Waals surface area contributed by atoms with Crippen LogP contribution in [0.5, 0.6) is 0 Å². The molecule has 1 atom stereocenters. The van der Waals surface area contributed by atoms with Crippen molar-refractivity contribution in [3.8, 4) is 0 Å². The van der Waals surface area contributed by atoms with Gasteiger partial charge < -0.3 is 4.90 Å². The first-order chi connectivity index (χ1) is 8.57. The molecule has 0 saturated carbocycles. The first kappa shape index (κ1) is 14.8. The minimum absolute atomic E-state index is 0.268. The molecular formula is C17H27N. The van der Waals surface area contributed by atoms with Crippen LogP contribution in [0.4, 0.5) is 0 Å². The molecule has 18 heavy (non-hydrogen) atoms. The van der Waals surface area contributed by atoms with Gasteiger partial charge in [-0.1, -0.05) is 51.6 Å². The molecule has 0 radical (unpaired) electrons. The minimum atomic E-state index is 0.268. The molecule has 0 amide bonds. The molecule has 0 aliphatic heterocycles. The maximum absolute atomic E-state index is 3.82. The molecule has 0 aromatic heterocycles. The fraction of sp³-hybridized carbons (Fsp3) is 0.529. The second-order valence-corrected chi connectivity index (χ2v) is 5.34. The van der Waals surface area contributed by atoms with Gasteiger partial charge in [0.15, 0.2) is 0 Å². The molecule has 0 bridgehead atoms. The van der Waals surface area contributed by atoms with E-state index in [0.29, 0.717) is 0 Å². The predicted molar refractivity (Wildman–Crippen MR) is 80.9 cm³/mol. The maximum atomic E-state index is 3.82. The maximum Gasteiger partial charge on any atom is 0.0177 e. The van der Waals surface area contributed by atoms with Crippen LogP contribution in [-0.2, 0) is 11.8 Å². The standard InChI is InChI=1S/C17H27N/c1-6-15-11-9-10-12-16(15)17(4,7-2)13-14-18(5)8-3/h8-12H,3,6-7,13-14H2,1-2,4-5H3. The van der Waals surface area contributed by atoms with Gasteiger partial charge in [0.05, 0.1) is 0 Å². The topological polar surface area (TPSA) is 3.24 Å². The zero-order valence-corrected chi connectivity index (χ0v) is 12.4. The molecule has 1 unspecified atom stereocenters. The van der Waals surface area contributed by atoms with E-state index in [-0.39, 0.29) is 5.41 Å². The summed E-state index contributed by atoms with van der Waals surface area (Å²) in [6.45, 7) is 11.8. The quantitative estimate of drug-likeness (QED) is 0.689. The summed E-state index contributed by atoms with van der Waals surface area (Å²) < 4.78 is 0. The van der Waals surface area contributed by atoms with Crippen molar-refractivity contribution in [1.82, 2.24) is 4.90 Å². The number of aryl methyl sites for hydroxylation is 1. The normalized spacial score (nSPS) is 14.0. The van der Waals surface area contributed by atoms with Crippen molar-refractivity contribution in [1.29, 1.82) is 0 Å². The van der Waals surface area contributed by atoms with E-state index in [1.54, 1.807) is 0 Å². The Morgan fingerprint density at radius 2 is 1.94 bits per heavy atom. The van der Waals surface area contributed by atoms with Gasteiger partial charge in [0.2, 0.25) is 0 Å². The lowest BCUT2D eigenvalue weighted by molar-refractivity contribution is 0.341. The van der Waals surface area contributed by atoms with Gasteiger partial charge in [0.25, 0.3) is 0 Å². The number of nitrogens with zero attached hydrogens (tertiary/aromatic N) is 1. The summed E-state index contributed by atoms with van der Waals surface area (Å²) in [6, 6.07) is 8.88. The third-order valence-corrected chi connectivity index (χ3v) is 4.16. The molecule has 0 spiro atoms. The average molecular weight is 245 g/mol. The molecule has 0 aliphatic carbocycles. The second kappa shape index (κ2) is 6.63. The highest BCUT2D eigenvalue weighted by atomic mass is 15.1. The fourth-order valence-electron chi connectivity index (χ4n) is 2.43. The molecular weight excluding hydrogens is 218 g/mol. The largest absolute Gasteiger partial charge is 0.381 e. The van der Waals surface area contributed by atoms with E-state index in [4.69, 9.17) is 0 Å². The molecule has 100 valence electrons. The molecule has 0 fully saturated rings. The summed E-state index contributed by atoms with van der Waals surface area (Å²) >= 11 is 0.